The average Bonchev–Trinajstić information content (AvgIpc) is 2.32. The summed E-state index contributed by atoms with van der Waals surface area (Å²) >= 11 is 23.1. The number of aromatic amines is 1. The van der Waals surface area contributed by atoms with Crippen LogP contribution in [0.15, 0.2) is 6.07 Å². The molecule has 0 spiro atoms. The predicted octanol–water partition coefficient (Wildman–Crippen LogP) is 4.18. The van der Waals surface area contributed by atoms with E-state index in [0.29, 0.717) is 21.1 Å². The fourth-order valence-electron chi connectivity index (χ4n) is 1.06. The molecule has 13 heavy (non-hydrogen) atoms. The van der Waals surface area contributed by atoms with E-state index >= 15 is 0 Å². The Labute approximate surface area is 93.8 Å². The number of halogens is 4. The van der Waals surface area contributed by atoms with E-state index in [2.05, 4.69) is 9.97 Å². The molecule has 2 nitrogen and oxygen atoms in total. The molecular formula is C7H2Cl4N2. The van der Waals surface area contributed by atoms with Crippen LogP contribution in [-0.4, -0.2) is 9.97 Å². The van der Waals surface area contributed by atoms with Crippen LogP contribution in [0.5, 0.6) is 0 Å². The first-order chi connectivity index (χ1) is 6.09. The summed E-state index contributed by atoms with van der Waals surface area (Å²) in [6.07, 6.45) is 0. The van der Waals surface area contributed by atoms with Crippen LogP contribution in [0.25, 0.3) is 10.9 Å². The first-order valence-electron chi connectivity index (χ1n) is 3.28. The van der Waals surface area contributed by atoms with E-state index in [9.17, 15) is 0 Å². The van der Waals surface area contributed by atoms with E-state index in [-0.39, 0.29) is 10.3 Å². The van der Waals surface area contributed by atoms with Gasteiger partial charge in [-0.2, -0.15) is 0 Å². The zero-order chi connectivity index (χ0) is 9.59. The summed E-state index contributed by atoms with van der Waals surface area (Å²) in [6.45, 7) is 0. The van der Waals surface area contributed by atoms with Crippen LogP contribution in [0.3, 0.4) is 0 Å². The normalized spacial score (nSPS) is 11.1. The smallest absolute Gasteiger partial charge is 0.154 e. The molecule has 68 valence electrons. The highest BCUT2D eigenvalue weighted by molar-refractivity contribution is 6.46. The van der Waals surface area contributed by atoms with Gasteiger partial charge in [0.25, 0.3) is 0 Å². The Morgan fingerprint density at radius 2 is 1.85 bits per heavy atom. The Balaban J connectivity index is 2.94. The van der Waals surface area contributed by atoms with Gasteiger partial charge >= 0.3 is 0 Å². The lowest BCUT2D eigenvalue weighted by molar-refractivity contribution is 1.34. The van der Waals surface area contributed by atoms with Gasteiger partial charge in [0, 0.05) is 5.39 Å². The van der Waals surface area contributed by atoms with Gasteiger partial charge in [-0.1, -0.05) is 46.4 Å². The average molecular weight is 256 g/mol. The molecule has 0 unspecified atom stereocenters. The molecular weight excluding hydrogens is 254 g/mol. The molecule has 2 rings (SSSR count). The van der Waals surface area contributed by atoms with E-state index in [1.54, 1.807) is 6.07 Å². The summed E-state index contributed by atoms with van der Waals surface area (Å²) in [7, 11) is 0. The predicted molar refractivity (Wildman–Crippen MR) is 56.1 cm³/mol. The topological polar surface area (TPSA) is 28.7 Å². The molecule has 2 aromatic heterocycles. The molecule has 0 saturated carbocycles. The third kappa shape index (κ3) is 1.48. The maximum absolute atomic E-state index is 5.88. The summed E-state index contributed by atoms with van der Waals surface area (Å²) in [5.74, 6) is 0. The Morgan fingerprint density at radius 1 is 1.15 bits per heavy atom. The number of fused-ring (bicyclic) bond motifs is 1. The van der Waals surface area contributed by atoms with E-state index in [1.165, 1.54) is 0 Å². The number of pyridine rings is 1. The van der Waals surface area contributed by atoms with Gasteiger partial charge in [0.15, 0.2) is 5.15 Å². The first kappa shape index (κ1) is 9.41. The van der Waals surface area contributed by atoms with Gasteiger partial charge < -0.3 is 4.98 Å². The zero-order valence-electron chi connectivity index (χ0n) is 6.04. The number of hydrogen-bond donors (Lipinski definition) is 1. The molecule has 0 amide bonds. The van der Waals surface area contributed by atoms with Gasteiger partial charge in [0.2, 0.25) is 0 Å². The second kappa shape index (κ2) is 3.21. The van der Waals surface area contributed by atoms with Crippen LogP contribution in [0, 0.1) is 0 Å². The second-order valence-corrected chi connectivity index (χ2v) is 3.91. The van der Waals surface area contributed by atoms with E-state index in [0.717, 1.165) is 0 Å². The lowest BCUT2D eigenvalue weighted by Gasteiger charge is -1.94. The molecule has 0 radical (unpaired) electrons. The summed E-state index contributed by atoms with van der Waals surface area (Å²) in [6, 6.07) is 1.60. The van der Waals surface area contributed by atoms with Crippen LogP contribution >= 0.6 is 46.4 Å². The molecule has 2 heterocycles. The molecule has 1 N–H and O–H groups in total. The van der Waals surface area contributed by atoms with Crippen molar-refractivity contribution in [1.29, 1.82) is 0 Å². The van der Waals surface area contributed by atoms with Crippen LogP contribution in [0.1, 0.15) is 0 Å². The van der Waals surface area contributed by atoms with Crippen molar-refractivity contribution in [3.8, 4) is 0 Å². The zero-order valence-corrected chi connectivity index (χ0v) is 9.06. The van der Waals surface area contributed by atoms with Crippen LogP contribution in [0.2, 0.25) is 20.5 Å². The summed E-state index contributed by atoms with van der Waals surface area (Å²) < 4.78 is 0. The Kier molecular flexibility index (Phi) is 2.32. The van der Waals surface area contributed by atoms with E-state index in [1.807, 2.05) is 0 Å². The fourth-order valence-corrected chi connectivity index (χ4v) is 1.93. The lowest BCUT2D eigenvalue weighted by Crippen LogP contribution is -1.78. The van der Waals surface area contributed by atoms with Gasteiger partial charge in [-0.25, -0.2) is 4.98 Å². The summed E-state index contributed by atoms with van der Waals surface area (Å²) in [5.41, 5.74) is 0.598. The minimum absolute atomic E-state index is 0.260. The highest BCUT2D eigenvalue weighted by Gasteiger charge is 2.11. The molecule has 0 aromatic carbocycles. The summed E-state index contributed by atoms with van der Waals surface area (Å²) in [5, 5.41) is 1.97. The maximum Gasteiger partial charge on any atom is 0.154 e. The van der Waals surface area contributed by atoms with Gasteiger partial charge in [0.1, 0.15) is 10.3 Å². The minimum atomic E-state index is 0.260. The van der Waals surface area contributed by atoms with Crippen LogP contribution in [-0.2, 0) is 0 Å². The summed E-state index contributed by atoms with van der Waals surface area (Å²) in [4.78, 5) is 6.64. The van der Waals surface area contributed by atoms with Crippen LogP contribution < -0.4 is 0 Å². The van der Waals surface area contributed by atoms with Crippen molar-refractivity contribution >= 4 is 57.3 Å². The molecule has 6 heteroatoms. The number of nitrogens with zero attached hydrogens (tertiary/aromatic N) is 1. The highest BCUT2D eigenvalue weighted by atomic mass is 35.5. The Hall–Kier alpha value is -0.150. The van der Waals surface area contributed by atoms with Crippen molar-refractivity contribution in [2.45, 2.75) is 0 Å². The lowest BCUT2D eigenvalue weighted by atomic mass is 10.3. The van der Waals surface area contributed by atoms with Crippen molar-refractivity contribution in [2.75, 3.05) is 0 Å². The van der Waals surface area contributed by atoms with Crippen molar-refractivity contribution in [3.63, 3.8) is 0 Å². The number of rotatable bonds is 0. The number of hydrogen-bond acceptors (Lipinski definition) is 1. The van der Waals surface area contributed by atoms with Gasteiger partial charge in [-0.3, -0.25) is 0 Å². The van der Waals surface area contributed by atoms with Crippen LogP contribution in [0.4, 0.5) is 0 Å². The number of aromatic nitrogens is 2. The number of H-pyrrole nitrogens is 1. The largest absolute Gasteiger partial charge is 0.342 e. The standard InChI is InChI=1S/C7H2Cl4N2/c8-3-1-2-4(9)6(10)13-5(2)7(11)12-3/h1,13H. The third-order valence-corrected chi connectivity index (χ3v) is 2.85. The Bertz CT molecular complexity index is 477. The van der Waals surface area contributed by atoms with Crippen molar-refractivity contribution in [2.24, 2.45) is 0 Å². The van der Waals surface area contributed by atoms with E-state index in [4.69, 9.17) is 46.4 Å². The fraction of sp³-hybridized carbons (Fsp3) is 0. The second-order valence-electron chi connectivity index (χ2n) is 2.41. The third-order valence-electron chi connectivity index (χ3n) is 1.61. The molecule has 2 aromatic rings. The highest BCUT2D eigenvalue weighted by Crippen LogP contribution is 2.34. The van der Waals surface area contributed by atoms with Gasteiger partial charge in [-0.15, -0.1) is 0 Å². The van der Waals surface area contributed by atoms with Gasteiger partial charge in [-0.05, 0) is 6.07 Å². The molecule has 0 saturated heterocycles. The number of nitrogens with one attached hydrogen (secondary N) is 1. The quantitative estimate of drug-likeness (QED) is 0.703. The monoisotopic (exact) mass is 254 g/mol. The van der Waals surface area contributed by atoms with Crippen molar-refractivity contribution in [1.82, 2.24) is 9.97 Å². The molecule has 0 aliphatic heterocycles. The van der Waals surface area contributed by atoms with E-state index < -0.39 is 0 Å². The minimum Gasteiger partial charge on any atom is -0.342 e. The van der Waals surface area contributed by atoms with Crippen molar-refractivity contribution in [3.05, 3.63) is 26.5 Å². The molecule has 0 aliphatic rings. The molecule has 0 fully saturated rings. The molecule has 0 aliphatic carbocycles. The molecule has 0 atom stereocenters. The molecule has 0 bridgehead atoms. The SMILES string of the molecule is Clc1cc2c(Cl)c(Cl)[nH]c2c(Cl)n1. The maximum atomic E-state index is 5.88. The Morgan fingerprint density at radius 3 is 2.54 bits per heavy atom. The first-order valence-corrected chi connectivity index (χ1v) is 4.79. The van der Waals surface area contributed by atoms with Crippen molar-refractivity contribution < 1.29 is 0 Å². The van der Waals surface area contributed by atoms with Gasteiger partial charge in [0.05, 0.1) is 10.5 Å².